The Morgan fingerprint density at radius 3 is 2.82 bits per heavy atom. The number of aliphatic hydroxyl groups is 1. The van der Waals surface area contributed by atoms with Gasteiger partial charge in [-0.05, 0) is 25.8 Å². The van der Waals surface area contributed by atoms with Crippen LogP contribution in [0, 0.1) is 5.82 Å². The molecule has 0 spiro atoms. The van der Waals surface area contributed by atoms with E-state index in [-0.39, 0.29) is 17.5 Å². The second-order valence-corrected chi connectivity index (χ2v) is 4.72. The van der Waals surface area contributed by atoms with Gasteiger partial charge in [-0.2, -0.15) is 0 Å². The smallest absolute Gasteiger partial charge is 0.255 e. The van der Waals surface area contributed by atoms with Gasteiger partial charge in [0.05, 0.1) is 23.4 Å². The highest BCUT2D eigenvalue weighted by Crippen LogP contribution is 2.35. The highest BCUT2D eigenvalue weighted by Gasteiger charge is 2.45. The van der Waals surface area contributed by atoms with Crippen LogP contribution in [0.25, 0.3) is 0 Å². The van der Waals surface area contributed by atoms with E-state index < -0.39 is 11.4 Å². The molecule has 4 nitrogen and oxygen atoms in total. The van der Waals surface area contributed by atoms with Crippen LogP contribution in [-0.4, -0.2) is 39.6 Å². The molecule has 1 saturated carbocycles. The van der Waals surface area contributed by atoms with Crippen molar-refractivity contribution in [1.82, 2.24) is 9.88 Å². The fourth-order valence-electron chi connectivity index (χ4n) is 2.18. The Kier molecular flexibility index (Phi) is 2.87. The molecule has 1 fully saturated rings. The van der Waals surface area contributed by atoms with Crippen molar-refractivity contribution in [3.8, 4) is 0 Å². The number of amides is 1. The van der Waals surface area contributed by atoms with Gasteiger partial charge in [0.15, 0.2) is 0 Å². The Morgan fingerprint density at radius 2 is 2.35 bits per heavy atom. The number of rotatable bonds is 2. The van der Waals surface area contributed by atoms with Gasteiger partial charge in [0.1, 0.15) is 5.82 Å². The average molecular weight is 238 g/mol. The maximum atomic E-state index is 13.0. The number of carbonyl (C=O) groups is 1. The van der Waals surface area contributed by atoms with Gasteiger partial charge in [0.2, 0.25) is 0 Å². The first-order valence-corrected chi connectivity index (χ1v) is 5.52. The third-order valence-electron chi connectivity index (χ3n) is 3.38. The Hall–Kier alpha value is -1.49. The molecule has 0 radical (unpaired) electrons. The molecule has 1 N–H and O–H groups in total. The molecule has 1 heterocycles. The molecule has 0 unspecified atom stereocenters. The third-order valence-corrected chi connectivity index (χ3v) is 3.38. The number of likely N-dealkylation sites (N-methyl/N-ethyl adjacent to an activating group) is 1. The number of carbonyl (C=O) groups excluding carboxylic acids is 1. The van der Waals surface area contributed by atoms with Crippen LogP contribution in [0.3, 0.4) is 0 Å². The van der Waals surface area contributed by atoms with Crippen LogP contribution in [0.1, 0.15) is 30.1 Å². The van der Waals surface area contributed by atoms with Gasteiger partial charge >= 0.3 is 0 Å². The zero-order chi connectivity index (χ0) is 12.6. The minimum atomic E-state index is -0.842. The first kappa shape index (κ1) is 12.0. The molecule has 2 rings (SSSR count). The summed E-state index contributed by atoms with van der Waals surface area (Å²) < 4.78 is 13.0. The molecule has 0 aromatic carbocycles. The lowest BCUT2D eigenvalue weighted by Crippen LogP contribution is -2.58. The normalized spacial score (nSPS) is 27.4. The number of hydrogen-bond donors (Lipinski definition) is 1. The molecule has 0 saturated heterocycles. The number of halogens is 1. The minimum Gasteiger partial charge on any atom is -0.388 e. The molecule has 1 amide bonds. The van der Waals surface area contributed by atoms with Crippen molar-refractivity contribution in [3.63, 3.8) is 0 Å². The predicted molar refractivity (Wildman–Crippen MR) is 59.9 cm³/mol. The molecule has 0 aliphatic heterocycles. The summed E-state index contributed by atoms with van der Waals surface area (Å²) in [4.78, 5) is 17.1. The summed E-state index contributed by atoms with van der Waals surface area (Å²) >= 11 is 0. The van der Waals surface area contributed by atoms with Gasteiger partial charge in [-0.25, -0.2) is 4.39 Å². The molecule has 1 aromatic rings. The van der Waals surface area contributed by atoms with Crippen LogP contribution in [0.4, 0.5) is 4.39 Å². The summed E-state index contributed by atoms with van der Waals surface area (Å²) in [6, 6.07) is 0.942. The lowest BCUT2D eigenvalue weighted by molar-refractivity contribution is -0.0859. The zero-order valence-electron chi connectivity index (χ0n) is 9.85. The van der Waals surface area contributed by atoms with E-state index >= 15 is 0 Å². The summed E-state index contributed by atoms with van der Waals surface area (Å²) in [6.07, 6.45) is 3.82. The number of nitrogens with zero attached hydrogens (tertiary/aromatic N) is 2. The van der Waals surface area contributed by atoms with Crippen LogP contribution < -0.4 is 0 Å². The van der Waals surface area contributed by atoms with Crippen molar-refractivity contribution in [2.45, 2.75) is 31.4 Å². The van der Waals surface area contributed by atoms with Crippen LogP contribution in [0.15, 0.2) is 18.5 Å². The Labute approximate surface area is 99.1 Å². The van der Waals surface area contributed by atoms with Crippen LogP contribution >= 0.6 is 0 Å². The first-order chi connectivity index (χ1) is 7.92. The van der Waals surface area contributed by atoms with E-state index in [2.05, 4.69) is 4.98 Å². The number of aromatic nitrogens is 1. The van der Waals surface area contributed by atoms with Gasteiger partial charge < -0.3 is 10.0 Å². The summed E-state index contributed by atoms with van der Waals surface area (Å²) in [5.74, 6) is -0.855. The summed E-state index contributed by atoms with van der Waals surface area (Å²) in [5, 5.41) is 9.91. The van der Waals surface area contributed by atoms with Crippen molar-refractivity contribution in [1.29, 1.82) is 0 Å². The van der Waals surface area contributed by atoms with Gasteiger partial charge in [-0.15, -0.1) is 0 Å². The highest BCUT2D eigenvalue weighted by atomic mass is 19.1. The molecule has 2 atom stereocenters. The maximum Gasteiger partial charge on any atom is 0.255 e. The average Bonchev–Trinajstić information content (AvgIpc) is 2.26. The predicted octanol–water partition coefficient (Wildman–Crippen LogP) is 1.21. The van der Waals surface area contributed by atoms with Crippen molar-refractivity contribution in [2.75, 3.05) is 7.05 Å². The number of hydrogen-bond acceptors (Lipinski definition) is 3. The monoisotopic (exact) mass is 238 g/mol. The first-order valence-electron chi connectivity index (χ1n) is 5.52. The summed E-state index contributed by atoms with van der Waals surface area (Å²) in [5.41, 5.74) is -0.638. The molecule has 1 aliphatic rings. The van der Waals surface area contributed by atoms with E-state index in [1.54, 1.807) is 14.0 Å². The van der Waals surface area contributed by atoms with Gasteiger partial charge in [-0.1, -0.05) is 0 Å². The van der Waals surface area contributed by atoms with Crippen LogP contribution in [-0.2, 0) is 0 Å². The van der Waals surface area contributed by atoms with Crippen molar-refractivity contribution in [2.24, 2.45) is 0 Å². The Morgan fingerprint density at radius 1 is 1.65 bits per heavy atom. The van der Waals surface area contributed by atoms with Gasteiger partial charge in [0, 0.05) is 13.2 Å². The van der Waals surface area contributed by atoms with Gasteiger partial charge in [-0.3, -0.25) is 9.78 Å². The lowest BCUT2D eigenvalue weighted by Gasteiger charge is -2.47. The molecular formula is C12H15FN2O2. The fraction of sp³-hybridized carbons (Fsp3) is 0.500. The van der Waals surface area contributed by atoms with Crippen molar-refractivity contribution >= 4 is 5.91 Å². The largest absolute Gasteiger partial charge is 0.388 e. The molecule has 0 bridgehead atoms. The summed E-state index contributed by atoms with van der Waals surface area (Å²) in [7, 11) is 1.62. The lowest BCUT2D eigenvalue weighted by atomic mass is 9.75. The zero-order valence-corrected chi connectivity index (χ0v) is 9.85. The van der Waals surface area contributed by atoms with E-state index in [9.17, 15) is 14.3 Å². The van der Waals surface area contributed by atoms with Crippen molar-refractivity contribution < 1.29 is 14.3 Å². The van der Waals surface area contributed by atoms with Crippen molar-refractivity contribution in [3.05, 3.63) is 29.8 Å². The standard InChI is InChI=1S/C12H15FN2O2/c1-12(17)4-3-10(12)15(2)11(16)8-5-9(13)7-14-6-8/h5-7,10,17H,3-4H2,1-2H3/t10-,12-/m1/s1. The van der Waals surface area contributed by atoms with E-state index in [0.29, 0.717) is 6.42 Å². The fourth-order valence-corrected chi connectivity index (χ4v) is 2.18. The van der Waals surface area contributed by atoms with E-state index in [4.69, 9.17) is 0 Å². The second-order valence-electron chi connectivity index (χ2n) is 4.72. The minimum absolute atomic E-state index is 0.204. The molecule has 92 valence electrons. The molecule has 5 heteroatoms. The molecular weight excluding hydrogens is 223 g/mol. The molecule has 1 aromatic heterocycles. The maximum absolute atomic E-state index is 13.0. The van der Waals surface area contributed by atoms with E-state index in [1.165, 1.54) is 11.1 Å². The quantitative estimate of drug-likeness (QED) is 0.842. The van der Waals surface area contributed by atoms with Gasteiger partial charge in [0.25, 0.3) is 5.91 Å². The number of pyridine rings is 1. The third kappa shape index (κ3) is 2.15. The Bertz CT molecular complexity index is 448. The van der Waals surface area contributed by atoms with Crippen LogP contribution in [0.5, 0.6) is 0 Å². The molecule has 17 heavy (non-hydrogen) atoms. The van der Waals surface area contributed by atoms with E-state index in [0.717, 1.165) is 18.7 Å². The Balaban J connectivity index is 2.15. The highest BCUT2D eigenvalue weighted by molar-refractivity contribution is 5.94. The van der Waals surface area contributed by atoms with E-state index in [1.807, 2.05) is 0 Å². The summed E-state index contributed by atoms with van der Waals surface area (Å²) in [6.45, 7) is 1.70. The molecule has 1 aliphatic carbocycles. The SMILES string of the molecule is CN(C(=O)c1cncc(F)c1)[C@@H]1CC[C@@]1(C)O. The topological polar surface area (TPSA) is 53.4 Å². The van der Waals surface area contributed by atoms with Crippen LogP contribution in [0.2, 0.25) is 0 Å². The second kappa shape index (κ2) is 4.07.